The topological polar surface area (TPSA) is 92.6 Å². The van der Waals surface area contributed by atoms with Crippen LogP contribution in [0.3, 0.4) is 0 Å². The average Bonchev–Trinajstić information content (AvgIpc) is 3.13. The zero-order valence-electron chi connectivity index (χ0n) is 14.5. The Morgan fingerprint density at radius 3 is 2.88 bits per heavy atom. The fraction of sp³-hybridized carbons (Fsp3) is 0.294. The van der Waals surface area contributed by atoms with E-state index in [0.29, 0.717) is 5.69 Å². The molecule has 138 valence electrons. The number of aromatic nitrogens is 2. The van der Waals surface area contributed by atoms with Crippen LogP contribution in [-0.4, -0.2) is 29.8 Å². The number of imidazole rings is 1. The summed E-state index contributed by atoms with van der Waals surface area (Å²) in [5.74, 6) is -0.163. The average molecular weight is 393 g/mol. The summed E-state index contributed by atoms with van der Waals surface area (Å²) in [6.45, 7) is 3.79. The van der Waals surface area contributed by atoms with Crippen LogP contribution < -0.4 is 10.0 Å². The lowest BCUT2D eigenvalue weighted by Gasteiger charge is -2.11. The number of hydrogen-bond acceptors (Lipinski definition) is 5. The molecule has 2 aromatic heterocycles. The molecule has 3 aromatic rings. The molecule has 0 saturated carbocycles. The van der Waals surface area contributed by atoms with E-state index >= 15 is 0 Å². The quantitative estimate of drug-likeness (QED) is 0.643. The van der Waals surface area contributed by atoms with E-state index in [1.54, 1.807) is 32.0 Å². The second-order valence-corrected chi connectivity index (χ2v) is 8.79. The van der Waals surface area contributed by atoms with Crippen LogP contribution in [0.5, 0.6) is 0 Å². The number of fused-ring (bicyclic) bond motifs is 1. The van der Waals surface area contributed by atoms with Gasteiger partial charge in [0, 0.05) is 30.4 Å². The van der Waals surface area contributed by atoms with Gasteiger partial charge in [0.15, 0.2) is 4.96 Å². The fourth-order valence-electron chi connectivity index (χ4n) is 2.49. The number of hydrogen-bond donors (Lipinski definition) is 2. The smallest absolute Gasteiger partial charge is 0.240 e. The molecular weight excluding hydrogens is 372 g/mol. The Labute approximate surface area is 156 Å². The Morgan fingerprint density at radius 2 is 2.15 bits per heavy atom. The standard InChI is InChI=1S/C17H20N4O3S2/c1-12(2)20-26(23,24)15-5-3-4-13(8-15)10-18-16(22)9-14-11-21-6-7-25-17(21)19-14/h3-8,11-12,20H,9-10H2,1-2H3,(H,18,22). The van der Waals surface area contributed by atoms with E-state index in [4.69, 9.17) is 0 Å². The van der Waals surface area contributed by atoms with Gasteiger partial charge in [-0.2, -0.15) is 0 Å². The third-order valence-electron chi connectivity index (χ3n) is 3.57. The second-order valence-electron chi connectivity index (χ2n) is 6.20. The van der Waals surface area contributed by atoms with E-state index in [-0.39, 0.29) is 29.8 Å². The zero-order valence-corrected chi connectivity index (χ0v) is 16.1. The SMILES string of the molecule is CC(C)NS(=O)(=O)c1cccc(CNC(=O)Cc2cn3ccsc3n2)c1. The van der Waals surface area contributed by atoms with E-state index in [2.05, 4.69) is 15.0 Å². The fourth-order valence-corrected chi connectivity index (χ4v) is 4.53. The number of nitrogens with one attached hydrogen (secondary N) is 2. The summed E-state index contributed by atoms with van der Waals surface area (Å²) in [6, 6.07) is 6.36. The predicted molar refractivity (Wildman–Crippen MR) is 101 cm³/mol. The lowest BCUT2D eigenvalue weighted by atomic mass is 10.2. The maximum Gasteiger partial charge on any atom is 0.240 e. The Kier molecular flexibility index (Phi) is 5.40. The molecule has 0 fully saturated rings. The van der Waals surface area contributed by atoms with Crippen molar-refractivity contribution < 1.29 is 13.2 Å². The Bertz CT molecular complexity index is 993. The van der Waals surface area contributed by atoms with Crippen LogP contribution in [0.15, 0.2) is 46.9 Å². The van der Waals surface area contributed by atoms with Crippen molar-refractivity contribution in [3.05, 3.63) is 53.3 Å². The minimum Gasteiger partial charge on any atom is -0.352 e. The molecule has 0 unspecified atom stereocenters. The minimum atomic E-state index is -3.55. The van der Waals surface area contributed by atoms with Gasteiger partial charge in [-0.15, -0.1) is 11.3 Å². The summed E-state index contributed by atoms with van der Waals surface area (Å²) in [6.07, 6.45) is 3.91. The summed E-state index contributed by atoms with van der Waals surface area (Å²) in [7, 11) is -3.55. The van der Waals surface area contributed by atoms with E-state index in [9.17, 15) is 13.2 Å². The van der Waals surface area contributed by atoms with Gasteiger partial charge >= 0.3 is 0 Å². The number of carbonyl (C=O) groups excluding carboxylic acids is 1. The Hall–Kier alpha value is -2.23. The van der Waals surface area contributed by atoms with Crippen LogP contribution >= 0.6 is 11.3 Å². The van der Waals surface area contributed by atoms with Crippen LogP contribution in [0.2, 0.25) is 0 Å². The van der Waals surface area contributed by atoms with Gasteiger partial charge in [0.05, 0.1) is 17.0 Å². The van der Waals surface area contributed by atoms with Crippen molar-refractivity contribution in [2.75, 3.05) is 0 Å². The number of benzene rings is 1. The first kappa shape index (κ1) is 18.6. The van der Waals surface area contributed by atoms with Crippen molar-refractivity contribution in [2.24, 2.45) is 0 Å². The third-order valence-corrected chi connectivity index (χ3v) is 6.00. The molecule has 0 saturated heterocycles. The molecule has 1 amide bonds. The molecule has 0 atom stereocenters. The van der Waals surface area contributed by atoms with E-state index in [1.807, 2.05) is 22.2 Å². The Balaban J connectivity index is 1.61. The van der Waals surface area contributed by atoms with Gasteiger partial charge in [-0.3, -0.25) is 9.20 Å². The summed E-state index contributed by atoms with van der Waals surface area (Å²) < 4.78 is 28.9. The lowest BCUT2D eigenvalue weighted by molar-refractivity contribution is -0.120. The highest BCUT2D eigenvalue weighted by molar-refractivity contribution is 7.89. The summed E-state index contributed by atoms with van der Waals surface area (Å²) >= 11 is 1.51. The van der Waals surface area contributed by atoms with Gasteiger partial charge in [-0.05, 0) is 31.5 Å². The molecule has 3 rings (SSSR count). The van der Waals surface area contributed by atoms with Crippen molar-refractivity contribution in [1.29, 1.82) is 0 Å². The molecule has 2 heterocycles. The molecule has 0 spiro atoms. The maximum absolute atomic E-state index is 12.2. The van der Waals surface area contributed by atoms with Crippen LogP contribution in [-0.2, 0) is 27.8 Å². The minimum absolute atomic E-state index is 0.163. The van der Waals surface area contributed by atoms with Crippen molar-refractivity contribution in [3.8, 4) is 0 Å². The highest BCUT2D eigenvalue weighted by atomic mass is 32.2. The first-order chi connectivity index (χ1) is 12.3. The number of nitrogens with zero attached hydrogens (tertiary/aromatic N) is 2. The van der Waals surface area contributed by atoms with Crippen molar-refractivity contribution >= 4 is 32.2 Å². The van der Waals surface area contributed by atoms with Gasteiger partial charge < -0.3 is 5.32 Å². The molecule has 1 aromatic carbocycles. The van der Waals surface area contributed by atoms with Gasteiger partial charge in [-0.1, -0.05) is 12.1 Å². The van der Waals surface area contributed by atoms with Crippen LogP contribution in [0.4, 0.5) is 0 Å². The highest BCUT2D eigenvalue weighted by Crippen LogP contribution is 2.13. The number of thiazole rings is 1. The van der Waals surface area contributed by atoms with Crippen molar-refractivity contribution in [2.45, 2.75) is 37.8 Å². The van der Waals surface area contributed by atoms with E-state index in [0.717, 1.165) is 10.5 Å². The zero-order chi connectivity index (χ0) is 18.7. The molecule has 7 nitrogen and oxygen atoms in total. The largest absolute Gasteiger partial charge is 0.352 e. The molecule has 0 aliphatic carbocycles. The van der Waals surface area contributed by atoms with E-state index < -0.39 is 10.0 Å². The van der Waals surface area contributed by atoms with E-state index in [1.165, 1.54) is 17.4 Å². The van der Waals surface area contributed by atoms with Crippen LogP contribution in [0.25, 0.3) is 4.96 Å². The summed E-state index contributed by atoms with van der Waals surface area (Å²) in [5.41, 5.74) is 1.42. The molecule has 0 aliphatic rings. The van der Waals surface area contributed by atoms with Crippen molar-refractivity contribution in [3.63, 3.8) is 0 Å². The molecule has 2 N–H and O–H groups in total. The summed E-state index contributed by atoms with van der Waals surface area (Å²) in [4.78, 5) is 17.5. The molecule has 26 heavy (non-hydrogen) atoms. The predicted octanol–water partition coefficient (Wildman–Crippen LogP) is 1.94. The first-order valence-electron chi connectivity index (χ1n) is 8.12. The molecule has 0 bridgehead atoms. The number of rotatable bonds is 7. The highest BCUT2D eigenvalue weighted by Gasteiger charge is 2.15. The van der Waals surface area contributed by atoms with Crippen LogP contribution in [0.1, 0.15) is 25.1 Å². The van der Waals surface area contributed by atoms with Crippen molar-refractivity contribution in [1.82, 2.24) is 19.4 Å². The Morgan fingerprint density at radius 1 is 1.35 bits per heavy atom. The molecule has 0 aliphatic heterocycles. The first-order valence-corrected chi connectivity index (χ1v) is 10.5. The maximum atomic E-state index is 12.2. The summed E-state index contributed by atoms with van der Waals surface area (Å²) in [5, 5.41) is 4.74. The normalized spacial score (nSPS) is 12.0. The molecular formula is C17H20N4O3S2. The number of sulfonamides is 1. The third kappa shape index (κ3) is 4.48. The van der Waals surface area contributed by atoms with Gasteiger partial charge in [0.2, 0.25) is 15.9 Å². The van der Waals surface area contributed by atoms with Gasteiger partial charge in [0.25, 0.3) is 0 Å². The molecule has 9 heteroatoms. The molecule has 0 radical (unpaired) electrons. The monoisotopic (exact) mass is 392 g/mol. The van der Waals surface area contributed by atoms with Gasteiger partial charge in [0.1, 0.15) is 0 Å². The number of amides is 1. The van der Waals surface area contributed by atoms with Gasteiger partial charge in [-0.25, -0.2) is 18.1 Å². The number of carbonyl (C=O) groups is 1. The van der Waals surface area contributed by atoms with Crippen LogP contribution in [0, 0.1) is 0 Å². The lowest BCUT2D eigenvalue weighted by Crippen LogP contribution is -2.30. The second kappa shape index (κ2) is 7.56.